The number of carboxylic acid groups (broad SMARTS) is 2. The number of guanidine groups is 3. The number of benzene rings is 2. The average Bonchev–Trinajstić information content (AvgIpc) is 0.807. The number of carboxylic acids is 2. The van der Waals surface area contributed by atoms with Crippen LogP contribution < -0.4 is 114 Å². The molecule has 652 valence electrons. The summed E-state index contributed by atoms with van der Waals surface area (Å²) in [4.78, 5) is 239. The first-order valence-electron chi connectivity index (χ1n) is 38.0. The minimum atomic E-state index is -2.01. The number of anilines is 1. The van der Waals surface area contributed by atoms with E-state index < -0.39 is 236 Å². The summed E-state index contributed by atoms with van der Waals surface area (Å²) in [5, 5.41) is 72.5. The minimum Gasteiger partial charge on any atom is -0.481 e. The molecule has 0 spiro atoms. The first-order chi connectivity index (χ1) is 55.9. The molecule has 1 fully saturated rings. The number of hydrogen-bond donors (Lipinski definition) is 24. The molecule has 2 heterocycles. The number of para-hydroxylation sites is 1. The lowest BCUT2D eigenvalue weighted by Gasteiger charge is -2.37. The Kier molecular flexibility index (Phi) is 42.5. The Morgan fingerprint density at radius 3 is 1.64 bits per heavy atom. The molecule has 0 radical (unpaired) electrons. The van der Waals surface area contributed by atoms with E-state index in [9.17, 15) is 82.8 Å². The number of aliphatic imine (C=N–C) groups is 3. The van der Waals surface area contributed by atoms with Gasteiger partial charge >= 0.3 is 11.9 Å². The van der Waals surface area contributed by atoms with Crippen LogP contribution in [0.2, 0.25) is 0 Å². The number of carbonyl (C=O) groups is 16. The van der Waals surface area contributed by atoms with Crippen LogP contribution in [0, 0.1) is 17.8 Å². The van der Waals surface area contributed by atoms with E-state index in [4.69, 9.17) is 40.1 Å². The van der Waals surface area contributed by atoms with Crippen molar-refractivity contribution in [2.24, 2.45) is 72.9 Å². The van der Waals surface area contributed by atoms with Crippen LogP contribution in [0.5, 0.6) is 0 Å². The van der Waals surface area contributed by atoms with Gasteiger partial charge in [0.05, 0.1) is 38.6 Å². The molecule has 44 nitrogen and oxygen atoms in total. The third-order valence-electron chi connectivity index (χ3n) is 18.8. The summed E-state index contributed by atoms with van der Waals surface area (Å²) in [6, 6.07) is -5.31. The predicted molar refractivity (Wildman–Crippen MR) is 435 cm³/mol. The highest BCUT2D eigenvalue weighted by Gasteiger charge is 2.41. The molecule has 0 aromatic heterocycles. The van der Waals surface area contributed by atoms with E-state index in [1.54, 1.807) is 75.4 Å². The Morgan fingerprint density at radius 1 is 0.559 bits per heavy atom. The normalized spacial score (nSPS) is 22.8. The van der Waals surface area contributed by atoms with Gasteiger partial charge in [0.15, 0.2) is 17.9 Å². The lowest BCUT2D eigenvalue weighted by molar-refractivity contribution is -0.142. The van der Waals surface area contributed by atoms with Crippen molar-refractivity contribution in [1.29, 1.82) is 0 Å². The van der Waals surface area contributed by atoms with Gasteiger partial charge in [-0.2, -0.15) is 0 Å². The number of fused-ring (bicyclic) bond motifs is 1. The van der Waals surface area contributed by atoms with E-state index in [0.717, 1.165) is 21.6 Å². The third kappa shape index (κ3) is 33.9. The molecule has 0 aliphatic carbocycles. The van der Waals surface area contributed by atoms with Gasteiger partial charge in [0, 0.05) is 49.8 Å². The molecule has 46 heteroatoms. The zero-order valence-corrected chi connectivity index (χ0v) is 67.8. The van der Waals surface area contributed by atoms with Crippen molar-refractivity contribution in [1.82, 2.24) is 69.1 Å². The number of aliphatic carboxylic acids is 2. The zero-order valence-electron chi connectivity index (χ0n) is 66.2. The van der Waals surface area contributed by atoms with Gasteiger partial charge in [0.1, 0.15) is 72.5 Å². The summed E-state index contributed by atoms with van der Waals surface area (Å²) >= 11 is 0. The van der Waals surface area contributed by atoms with Gasteiger partial charge < -0.3 is 135 Å². The van der Waals surface area contributed by atoms with Crippen molar-refractivity contribution >= 4 is 140 Å². The predicted octanol–water partition coefficient (Wildman–Crippen LogP) is -8.46. The molecular formula is C72H112N24O20S2. The number of nitrogens with zero attached hydrogens (tertiary/aromatic N) is 4. The van der Waals surface area contributed by atoms with E-state index in [1.165, 1.54) is 18.7 Å². The van der Waals surface area contributed by atoms with E-state index in [2.05, 4.69) is 84.1 Å². The van der Waals surface area contributed by atoms with Crippen LogP contribution in [0.3, 0.4) is 0 Å². The molecule has 0 unspecified atom stereocenters. The monoisotopic (exact) mass is 1700 g/mol. The largest absolute Gasteiger partial charge is 0.481 e. The second-order valence-electron chi connectivity index (χ2n) is 28.0. The summed E-state index contributed by atoms with van der Waals surface area (Å²) in [5.41, 5.74) is 40.0. The second-order valence-corrected chi connectivity index (χ2v) is 30.6. The summed E-state index contributed by atoms with van der Waals surface area (Å²) < 4.78 is 0. The van der Waals surface area contributed by atoms with Gasteiger partial charge in [0.25, 0.3) is 0 Å². The van der Waals surface area contributed by atoms with Crippen LogP contribution in [0.25, 0.3) is 0 Å². The van der Waals surface area contributed by atoms with E-state index in [-0.39, 0.29) is 107 Å². The van der Waals surface area contributed by atoms with Crippen molar-refractivity contribution in [2.75, 3.05) is 68.9 Å². The van der Waals surface area contributed by atoms with Crippen LogP contribution in [0.15, 0.2) is 69.6 Å². The van der Waals surface area contributed by atoms with Crippen LogP contribution in [0.4, 0.5) is 5.69 Å². The quantitative estimate of drug-likeness (QED) is 0.0149. The number of nitrogens with two attached hydrogens (primary N) is 7. The Balaban J connectivity index is 1.96. The molecule has 0 bridgehead atoms. The van der Waals surface area contributed by atoms with E-state index in [0.29, 0.717) is 11.1 Å². The Hall–Kier alpha value is -11.7. The first-order valence-corrected chi connectivity index (χ1v) is 40.5. The second kappa shape index (κ2) is 50.7. The molecule has 1 saturated heterocycles. The highest BCUT2D eigenvalue weighted by molar-refractivity contribution is 8.76. The molecule has 15 atom stereocenters. The molecule has 14 amide bonds. The van der Waals surface area contributed by atoms with Crippen molar-refractivity contribution in [2.45, 2.75) is 178 Å². The fourth-order valence-electron chi connectivity index (χ4n) is 11.8. The van der Waals surface area contributed by atoms with E-state index in [1.807, 2.05) is 0 Å². The molecule has 31 N–H and O–H groups in total. The fraction of sp³-hybridized carbons (Fsp3) is 0.569. The first kappa shape index (κ1) is 98.7. The lowest BCUT2D eigenvalue weighted by Crippen LogP contribution is -2.62. The molecular weight excluding hydrogens is 1590 g/mol. The van der Waals surface area contributed by atoms with Gasteiger partial charge in [-0.1, -0.05) is 111 Å². The molecule has 2 aliphatic heterocycles. The number of aliphatic hydroxyl groups excluding tert-OH is 2. The van der Waals surface area contributed by atoms with Crippen molar-refractivity contribution in [3.63, 3.8) is 0 Å². The highest BCUT2D eigenvalue weighted by atomic mass is 33.1. The van der Waals surface area contributed by atoms with Crippen molar-refractivity contribution in [3.8, 4) is 0 Å². The topological polar surface area (TPSA) is 733 Å². The smallest absolute Gasteiger partial charge is 0.326 e. The zero-order chi connectivity index (χ0) is 87.9. The Labute approximate surface area is 688 Å². The summed E-state index contributed by atoms with van der Waals surface area (Å²) in [6.45, 7) is 3.36. The Morgan fingerprint density at radius 2 is 1.08 bits per heavy atom. The number of aliphatic hydroxyl groups is 2. The summed E-state index contributed by atoms with van der Waals surface area (Å²) in [7, 11) is 1.58. The molecule has 2 aromatic rings. The van der Waals surface area contributed by atoms with Crippen molar-refractivity contribution < 1.29 is 97.1 Å². The molecule has 2 aromatic carbocycles. The third-order valence-corrected chi connectivity index (χ3v) is 21.2. The van der Waals surface area contributed by atoms with Crippen LogP contribution >= 0.6 is 21.6 Å². The molecule has 4 rings (SSSR count). The lowest BCUT2D eigenvalue weighted by atomic mass is 9.90. The van der Waals surface area contributed by atoms with Crippen LogP contribution in [0.1, 0.15) is 104 Å². The number of carbonyl (C=O) groups excluding carboxylic acids is 14. The maximum absolute atomic E-state index is 15.7. The number of hydrogen-bond acceptors (Lipinski definition) is 24. The molecule has 0 saturated carbocycles. The van der Waals surface area contributed by atoms with Gasteiger partial charge in [-0.25, -0.2) is 4.79 Å². The minimum absolute atomic E-state index is 0.0250. The maximum atomic E-state index is 15.7. The fourth-order valence-corrected chi connectivity index (χ4v) is 14.1. The number of rotatable bonds is 30. The maximum Gasteiger partial charge on any atom is 0.326 e. The van der Waals surface area contributed by atoms with Crippen LogP contribution in [-0.2, 0) is 89.6 Å². The summed E-state index contributed by atoms with van der Waals surface area (Å²) in [6.07, 6.45) is -1.65. The SMILES string of the molecule is CC[C@H](C)[C@@H]1NC(=O)[C@H](CCCN=C(N)N)NC(=O)[C@@H](CC(=O)O)NC(=O)[C@H]([C@@H](C)CC)NC(=O)[C@@H](CCCN=C(N)N)NC(=O)CNC(=O)CNC(=O)[C@@H](Cc2ccccc2)NC(=O)[C@H](C)NC(=O)[C@@H](NC(=O)[C@H](CO)NC(=O)[C@@H](N)CO)CSSC[C@@H](C(=O)N2C[C@H](C(=O)N[C@H](CCCN=C(N)N)C(=O)O)Cc3ccccc32)NC1=O. The van der Waals surface area contributed by atoms with Gasteiger partial charge in [-0.15, -0.1) is 0 Å². The molecule has 118 heavy (non-hydrogen) atoms. The van der Waals surface area contributed by atoms with Gasteiger partial charge in [-0.05, 0) is 80.9 Å². The van der Waals surface area contributed by atoms with Gasteiger partial charge in [0.2, 0.25) is 82.7 Å². The molecule has 2 aliphatic rings. The van der Waals surface area contributed by atoms with Crippen molar-refractivity contribution in [3.05, 3.63) is 65.7 Å². The number of nitrogens with one attached hydrogen (secondary N) is 13. The highest BCUT2D eigenvalue weighted by Crippen LogP contribution is 2.32. The number of amides is 14. The van der Waals surface area contributed by atoms with Crippen LogP contribution in [-0.4, -0.2) is 269 Å². The van der Waals surface area contributed by atoms with E-state index >= 15 is 14.4 Å². The standard InChI is InChI=1S/C72H112N24O20S2/c1-6-36(3)55-66(112)90-47(28-54(101)102)63(109)87-44(20-14-24-81-71(76)77)62(108)95-56(37(4)7-2)67(113)93-50(68(114)96-31-41(27-40-18-11-12-22-51(40)96)58(104)88-45(69(115)116)21-15-25-82-72(78)79)35-118-117-34-49(92-64(110)48(33-98)91-59(105)42(73)32-97)65(111)85-38(5)57(103)89-46(26-39-16-9-8-10-17-39)60(106)84-29-52(99)83-30-53(100)86-43(61(107)94-55)19-13-23-80-70(74)75/h8-12,16-18,22,36-38,41-50,55-56,97-98H,6-7,13-15,19-21,23-35,73H2,1-5H3,(H,83,99)(H,84,106)(H,85,111)(H,86,100)(H,87,109)(H,88,104)(H,89,103)(H,90,112)(H,91,105)(H,92,110)(H,93,113)(H,94,107)(H,95,108)(H,101,102)(H,115,116)(H4,74,75,80)(H4,76,77,81)(H4,78,79,82)/t36-,37-,38-,41+,42-,43+,44-,45+,46+,47+,48-,49-,50-,55-,56-/m0/s1. The summed E-state index contributed by atoms with van der Waals surface area (Å²) in [5.74, 6) is -22.2. The Bertz CT molecular complexity index is 3910. The van der Waals surface area contributed by atoms with Gasteiger partial charge in [-0.3, -0.25) is 86.9 Å². The average molecular weight is 1700 g/mol.